The number of carbonyl (C=O) groups is 1. The van der Waals surface area contributed by atoms with Crippen LogP contribution >= 0.6 is 0 Å². The van der Waals surface area contributed by atoms with Gasteiger partial charge in [-0.25, -0.2) is 0 Å². The van der Waals surface area contributed by atoms with Gasteiger partial charge < -0.3 is 4.74 Å². The fraction of sp³-hybridized carbons (Fsp3) is 0.750. The Morgan fingerprint density at radius 1 is 1.71 bits per heavy atom. The van der Waals surface area contributed by atoms with E-state index >= 15 is 0 Å². The molecule has 0 amide bonds. The van der Waals surface area contributed by atoms with Crippen LogP contribution in [-0.2, 0) is 9.53 Å². The van der Waals surface area contributed by atoms with Gasteiger partial charge in [0.05, 0.1) is 6.61 Å². The van der Waals surface area contributed by atoms with E-state index in [0.29, 0.717) is 6.61 Å². The summed E-state index contributed by atoms with van der Waals surface area (Å²) in [7, 11) is 0. The van der Waals surface area contributed by atoms with Gasteiger partial charge in [-0.05, 0) is 6.92 Å². The Morgan fingerprint density at radius 2 is 2.14 bits per heavy atom. The van der Waals surface area contributed by atoms with E-state index in [9.17, 15) is 4.79 Å². The summed E-state index contributed by atoms with van der Waals surface area (Å²) in [6, 6.07) is 0. The quantitative estimate of drug-likeness (QED) is 0.534. The molecular formula is C4H11InO2. The fourth-order valence-electron chi connectivity index (χ4n) is 0.203. The van der Waals surface area contributed by atoms with Crippen molar-refractivity contribution in [2.45, 2.75) is 13.8 Å². The molecule has 0 aliphatic rings. The van der Waals surface area contributed by atoms with Crippen molar-refractivity contribution in [3.8, 4) is 0 Å². The van der Waals surface area contributed by atoms with Crippen LogP contribution in [0.15, 0.2) is 0 Å². The van der Waals surface area contributed by atoms with Gasteiger partial charge in [0.25, 0.3) is 0 Å². The average Bonchev–Trinajstić information content (AvgIpc) is 1.35. The van der Waals surface area contributed by atoms with E-state index in [0.717, 1.165) is 0 Å². The Labute approximate surface area is 62.0 Å². The van der Waals surface area contributed by atoms with Crippen LogP contribution in [0.25, 0.3) is 0 Å². The van der Waals surface area contributed by atoms with Crippen molar-refractivity contribution in [3.63, 3.8) is 0 Å². The molecule has 0 heterocycles. The second-order valence-electron chi connectivity index (χ2n) is 0.925. The molecule has 0 saturated heterocycles. The summed E-state index contributed by atoms with van der Waals surface area (Å²) >= 11 is 0. The molecule has 42 valence electrons. The summed E-state index contributed by atoms with van der Waals surface area (Å²) in [6.07, 6.45) is 0. The summed E-state index contributed by atoms with van der Waals surface area (Å²) in [6.45, 7) is 3.65. The Bertz CT molecular complexity index is 53.7. The molecule has 0 fully saturated rings. The molecule has 0 aromatic rings. The summed E-state index contributed by atoms with van der Waals surface area (Å²) in [5, 5.41) is 0. The SMILES string of the molecule is CCOC(C)=O.[InH3]. The van der Waals surface area contributed by atoms with Crippen LogP contribution < -0.4 is 0 Å². The van der Waals surface area contributed by atoms with Crippen molar-refractivity contribution >= 4 is 31.8 Å². The molecule has 0 aromatic heterocycles. The van der Waals surface area contributed by atoms with Gasteiger partial charge in [-0.2, -0.15) is 0 Å². The minimum absolute atomic E-state index is 0. The summed E-state index contributed by atoms with van der Waals surface area (Å²) in [4.78, 5) is 9.82. The van der Waals surface area contributed by atoms with Crippen molar-refractivity contribution in [2.24, 2.45) is 0 Å². The third kappa shape index (κ3) is 10.7. The molecular weight excluding hydrogens is 195 g/mol. The molecule has 0 atom stereocenters. The second-order valence-corrected chi connectivity index (χ2v) is 0.925. The van der Waals surface area contributed by atoms with Crippen LogP contribution in [0.2, 0.25) is 0 Å². The van der Waals surface area contributed by atoms with Gasteiger partial charge in [-0.1, -0.05) is 0 Å². The van der Waals surface area contributed by atoms with Crippen LogP contribution in [0.3, 0.4) is 0 Å². The van der Waals surface area contributed by atoms with Crippen molar-refractivity contribution < 1.29 is 9.53 Å². The van der Waals surface area contributed by atoms with Gasteiger partial charge in [-0.3, -0.25) is 4.79 Å². The first-order chi connectivity index (χ1) is 2.77. The molecule has 0 aromatic carbocycles. The number of ether oxygens (including phenoxy) is 1. The molecule has 0 unspecified atom stereocenters. The van der Waals surface area contributed by atoms with Crippen LogP contribution in [0.5, 0.6) is 0 Å². The van der Waals surface area contributed by atoms with Crippen LogP contribution in [0.4, 0.5) is 0 Å². The van der Waals surface area contributed by atoms with Crippen LogP contribution in [0.1, 0.15) is 13.8 Å². The Morgan fingerprint density at radius 3 is 2.14 bits per heavy atom. The first kappa shape index (κ1) is 10.3. The number of hydrogen-bond acceptors (Lipinski definition) is 2. The molecule has 0 rings (SSSR count). The predicted molar refractivity (Wildman–Crippen MR) is 32.2 cm³/mol. The molecule has 0 bridgehead atoms. The molecule has 0 spiro atoms. The third-order valence-electron chi connectivity index (χ3n) is 0.348. The Balaban J connectivity index is 0. The van der Waals surface area contributed by atoms with E-state index < -0.39 is 0 Å². The van der Waals surface area contributed by atoms with Crippen molar-refractivity contribution in [1.82, 2.24) is 0 Å². The molecule has 2 nitrogen and oxygen atoms in total. The van der Waals surface area contributed by atoms with E-state index in [4.69, 9.17) is 0 Å². The Kier molecular flexibility index (Phi) is 9.37. The van der Waals surface area contributed by atoms with Crippen LogP contribution in [0, 0.1) is 0 Å². The summed E-state index contributed by atoms with van der Waals surface area (Å²) in [5.74, 6) is -0.211. The second kappa shape index (κ2) is 6.34. The van der Waals surface area contributed by atoms with E-state index in [1.165, 1.54) is 6.92 Å². The zero-order chi connectivity index (χ0) is 4.99. The maximum absolute atomic E-state index is 9.82. The first-order valence-corrected chi connectivity index (χ1v) is 1.90. The fourth-order valence-corrected chi connectivity index (χ4v) is 0.203. The van der Waals surface area contributed by atoms with Gasteiger partial charge in [0, 0.05) is 6.92 Å². The molecule has 0 aliphatic heterocycles. The first-order valence-electron chi connectivity index (χ1n) is 1.90. The average molecular weight is 206 g/mol. The topological polar surface area (TPSA) is 26.3 Å². The van der Waals surface area contributed by atoms with Crippen molar-refractivity contribution in [2.75, 3.05) is 6.61 Å². The molecule has 0 saturated carbocycles. The number of rotatable bonds is 1. The minimum atomic E-state index is -0.211. The van der Waals surface area contributed by atoms with Gasteiger partial charge in [0.15, 0.2) is 0 Å². The van der Waals surface area contributed by atoms with Crippen molar-refractivity contribution in [1.29, 1.82) is 0 Å². The maximum atomic E-state index is 9.82. The van der Waals surface area contributed by atoms with Gasteiger partial charge >= 0.3 is 31.8 Å². The molecule has 3 heteroatoms. The van der Waals surface area contributed by atoms with E-state index in [1.54, 1.807) is 6.92 Å². The van der Waals surface area contributed by atoms with Crippen LogP contribution in [-0.4, -0.2) is 38.4 Å². The predicted octanol–water partition coefficient (Wildman–Crippen LogP) is -0.615. The van der Waals surface area contributed by atoms with Crippen molar-refractivity contribution in [3.05, 3.63) is 0 Å². The van der Waals surface area contributed by atoms with Gasteiger partial charge in [-0.15, -0.1) is 0 Å². The van der Waals surface area contributed by atoms with Gasteiger partial charge in [0.1, 0.15) is 0 Å². The zero-order valence-electron chi connectivity index (χ0n) is 4.02. The zero-order valence-corrected chi connectivity index (χ0v) is 4.02. The molecule has 0 radical (unpaired) electrons. The number of hydrogen-bond donors (Lipinski definition) is 0. The van der Waals surface area contributed by atoms with E-state index in [1.807, 2.05) is 0 Å². The third-order valence-corrected chi connectivity index (χ3v) is 0.348. The van der Waals surface area contributed by atoms with Gasteiger partial charge in [0.2, 0.25) is 0 Å². The molecule has 0 N–H and O–H groups in total. The number of carbonyl (C=O) groups excluding carboxylic acids is 1. The molecule has 0 aliphatic carbocycles. The standard InChI is InChI=1S/C4H8O2.In.3H/c1-3-6-4(2)5;;;;/h3H2,1-2H3;;;;. The van der Waals surface area contributed by atoms with E-state index in [2.05, 4.69) is 4.74 Å². The summed E-state index contributed by atoms with van der Waals surface area (Å²) < 4.78 is 4.40. The number of esters is 1. The van der Waals surface area contributed by atoms with E-state index in [-0.39, 0.29) is 31.8 Å². The normalized spacial score (nSPS) is 6.57. The molecule has 7 heavy (non-hydrogen) atoms. The monoisotopic (exact) mass is 206 g/mol. The Hall–Kier alpha value is 0.340. The summed E-state index contributed by atoms with van der Waals surface area (Å²) in [5.41, 5.74) is 0.